The van der Waals surface area contributed by atoms with Crippen molar-refractivity contribution in [3.63, 3.8) is 0 Å². The highest BCUT2D eigenvalue weighted by Gasteiger charge is 2.46. The summed E-state index contributed by atoms with van der Waals surface area (Å²) in [4.78, 5) is 12.2. The summed E-state index contributed by atoms with van der Waals surface area (Å²) in [7, 11) is 1.36. The second kappa shape index (κ2) is 9.51. The lowest BCUT2D eigenvalue weighted by molar-refractivity contribution is -0.157. The minimum Gasteiger partial charge on any atom is -0.493 e. The van der Waals surface area contributed by atoms with Gasteiger partial charge in [0.15, 0.2) is 0 Å². The zero-order valence-electron chi connectivity index (χ0n) is 18.3. The van der Waals surface area contributed by atoms with Gasteiger partial charge in [0, 0.05) is 24.5 Å². The quantitative estimate of drug-likeness (QED) is 0.180. The van der Waals surface area contributed by atoms with Gasteiger partial charge in [-0.15, -0.1) is 0 Å². The number of nitrogens with two attached hydrogens (primary N) is 4. The Hall–Kier alpha value is -3.21. The van der Waals surface area contributed by atoms with Crippen LogP contribution in [0.15, 0.2) is 36.4 Å². The molecular formula is C22H30N4O6. The fraction of sp³-hybridized carbons (Fsp3) is 0.409. The van der Waals surface area contributed by atoms with Crippen molar-refractivity contribution in [1.82, 2.24) is 0 Å². The van der Waals surface area contributed by atoms with Gasteiger partial charge in [-0.2, -0.15) is 0 Å². The molecule has 8 N–H and O–H groups in total. The van der Waals surface area contributed by atoms with Crippen molar-refractivity contribution >= 4 is 11.7 Å². The SMILES string of the molecule is CC[C@@]1(C(=O)OC)Cc2cc(OCCCOc3ccc(OC(N)(N)N)cc3N)ccc2O1. The van der Waals surface area contributed by atoms with Gasteiger partial charge >= 0.3 is 5.97 Å². The molecule has 1 atom stereocenters. The summed E-state index contributed by atoms with van der Waals surface area (Å²) in [6.07, 6.45) is 1.60. The highest BCUT2D eigenvalue weighted by molar-refractivity contribution is 5.81. The van der Waals surface area contributed by atoms with Crippen LogP contribution in [0.2, 0.25) is 0 Å². The molecule has 0 aromatic heterocycles. The molecule has 0 bridgehead atoms. The van der Waals surface area contributed by atoms with Crippen LogP contribution in [0.3, 0.4) is 0 Å². The Kier molecular flexibility index (Phi) is 6.97. The van der Waals surface area contributed by atoms with E-state index in [0.717, 1.165) is 5.56 Å². The molecule has 0 unspecified atom stereocenters. The lowest BCUT2D eigenvalue weighted by Gasteiger charge is -2.23. The molecule has 10 nitrogen and oxygen atoms in total. The predicted octanol–water partition coefficient (Wildman–Crippen LogP) is 1.24. The van der Waals surface area contributed by atoms with Crippen molar-refractivity contribution in [3.8, 4) is 23.0 Å². The lowest BCUT2D eigenvalue weighted by Crippen LogP contribution is -2.62. The maximum Gasteiger partial charge on any atom is 0.350 e. The van der Waals surface area contributed by atoms with E-state index in [1.54, 1.807) is 12.1 Å². The first-order valence-corrected chi connectivity index (χ1v) is 10.3. The summed E-state index contributed by atoms with van der Waals surface area (Å²) in [5.41, 5.74) is 22.5. The lowest BCUT2D eigenvalue weighted by atomic mass is 9.94. The summed E-state index contributed by atoms with van der Waals surface area (Å²) >= 11 is 0. The number of methoxy groups -OCH3 is 1. The van der Waals surface area contributed by atoms with Gasteiger partial charge in [0.25, 0.3) is 5.97 Å². The molecule has 1 aliphatic heterocycles. The maximum absolute atomic E-state index is 12.2. The molecule has 0 aliphatic carbocycles. The van der Waals surface area contributed by atoms with E-state index >= 15 is 0 Å². The number of esters is 1. The summed E-state index contributed by atoms with van der Waals surface area (Å²) in [6, 6.07) is 10.3. The standard InChI is InChI=1S/C22H30N4O6/c1-3-21(20(27)28-2)13-14-11-15(5-7-18(14)32-21)29-9-4-10-30-19-8-6-16(12-17(19)23)31-22(24,25)26/h5-8,11-12H,3-4,9-10,13,23-26H2,1-2H3/t21-/m0/s1. The summed E-state index contributed by atoms with van der Waals surface area (Å²) in [6.45, 7) is 2.73. The molecule has 174 valence electrons. The Bertz CT molecular complexity index is 962. The van der Waals surface area contributed by atoms with Crippen LogP contribution in [0.4, 0.5) is 5.69 Å². The monoisotopic (exact) mass is 446 g/mol. The third kappa shape index (κ3) is 5.52. The molecule has 0 amide bonds. The average molecular weight is 447 g/mol. The van der Waals surface area contributed by atoms with Crippen LogP contribution in [0, 0.1) is 0 Å². The Morgan fingerprint density at radius 1 is 1.09 bits per heavy atom. The van der Waals surface area contributed by atoms with Crippen LogP contribution in [0.5, 0.6) is 23.0 Å². The van der Waals surface area contributed by atoms with Gasteiger partial charge in [-0.25, -0.2) is 4.79 Å². The molecule has 2 aromatic carbocycles. The molecule has 0 spiro atoms. The zero-order chi connectivity index (χ0) is 23.4. The minimum absolute atomic E-state index is 0.338. The highest BCUT2D eigenvalue weighted by Crippen LogP contribution is 2.39. The fourth-order valence-corrected chi connectivity index (χ4v) is 3.44. The summed E-state index contributed by atoms with van der Waals surface area (Å²) in [5.74, 6) is 0.0507. The average Bonchev–Trinajstić information content (AvgIpc) is 3.12. The van der Waals surface area contributed by atoms with E-state index in [9.17, 15) is 4.79 Å². The number of carbonyl (C=O) groups excluding carboxylic acids is 1. The van der Waals surface area contributed by atoms with Gasteiger partial charge in [0.05, 0.1) is 26.0 Å². The van der Waals surface area contributed by atoms with Crippen LogP contribution >= 0.6 is 0 Å². The van der Waals surface area contributed by atoms with Crippen molar-refractivity contribution in [1.29, 1.82) is 0 Å². The fourth-order valence-electron chi connectivity index (χ4n) is 3.44. The van der Waals surface area contributed by atoms with Crippen molar-refractivity contribution in [2.75, 3.05) is 26.1 Å². The van der Waals surface area contributed by atoms with E-state index in [0.29, 0.717) is 61.2 Å². The first-order chi connectivity index (χ1) is 15.2. The summed E-state index contributed by atoms with van der Waals surface area (Å²) < 4.78 is 27.5. The second-order valence-electron chi connectivity index (χ2n) is 7.59. The van der Waals surface area contributed by atoms with Crippen LogP contribution in [0.1, 0.15) is 25.3 Å². The second-order valence-corrected chi connectivity index (χ2v) is 7.59. The van der Waals surface area contributed by atoms with Gasteiger partial charge in [-0.3, -0.25) is 17.2 Å². The molecule has 0 fully saturated rings. The van der Waals surface area contributed by atoms with Gasteiger partial charge in [0.2, 0.25) is 5.60 Å². The molecule has 0 saturated heterocycles. The minimum atomic E-state index is -1.78. The first-order valence-electron chi connectivity index (χ1n) is 10.3. The molecule has 10 heteroatoms. The number of rotatable bonds is 10. The molecular weight excluding hydrogens is 416 g/mol. The number of carbonyl (C=O) groups is 1. The van der Waals surface area contributed by atoms with Crippen molar-refractivity contribution in [2.24, 2.45) is 17.2 Å². The number of fused-ring (bicyclic) bond motifs is 1. The molecule has 1 heterocycles. The molecule has 1 aliphatic rings. The maximum atomic E-state index is 12.2. The Balaban J connectivity index is 1.47. The Morgan fingerprint density at radius 2 is 1.81 bits per heavy atom. The van der Waals surface area contributed by atoms with E-state index in [-0.39, 0.29) is 5.97 Å². The predicted molar refractivity (Wildman–Crippen MR) is 118 cm³/mol. The van der Waals surface area contributed by atoms with Crippen LogP contribution in [-0.2, 0) is 16.0 Å². The van der Waals surface area contributed by atoms with Gasteiger partial charge in [-0.05, 0) is 36.8 Å². The highest BCUT2D eigenvalue weighted by atomic mass is 16.6. The molecule has 2 aromatic rings. The van der Waals surface area contributed by atoms with E-state index in [1.807, 2.05) is 25.1 Å². The third-order valence-corrected chi connectivity index (χ3v) is 5.03. The molecule has 3 rings (SSSR count). The van der Waals surface area contributed by atoms with Gasteiger partial charge in [0.1, 0.15) is 23.0 Å². The number of hydrogen-bond donors (Lipinski definition) is 4. The smallest absolute Gasteiger partial charge is 0.350 e. The van der Waals surface area contributed by atoms with E-state index < -0.39 is 11.6 Å². The van der Waals surface area contributed by atoms with Crippen LogP contribution < -0.4 is 41.9 Å². The van der Waals surface area contributed by atoms with Crippen molar-refractivity contribution in [3.05, 3.63) is 42.0 Å². The Labute approximate surface area is 186 Å². The van der Waals surface area contributed by atoms with E-state index in [4.69, 9.17) is 46.6 Å². The van der Waals surface area contributed by atoms with E-state index in [1.165, 1.54) is 13.2 Å². The van der Waals surface area contributed by atoms with Crippen molar-refractivity contribution in [2.45, 2.75) is 37.8 Å². The van der Waals surface area contributed by atoms with Crippen molar-refractivity contribution < 1.29 is 28.5 Å². The number of benzene rings is 2. The third-order valence-electron chi connectivity index (χ3n) is 5.03. The molecule has 0 saturated carbocycles. The first kappa shape index (κ1) is 23.5. The van der Waals surface area contributed by atoms with E-state index in [2.05, 4.69) is 0 Å². The molecule has 0 radical (unpaired) electrons. The molecule has 32 heavy (non-hydrogen) atoms. The van der Waals surface area contributed by atoms with Crippen LogP contribution in [-0.4, -0.2) is 37.9 Å². The number of ether oxygens (including phenoxy) is 5. The topological polar surface area (TPSA) is 167 Å². The van der Waals surface area contributed by atoms with Crippen LogP contribution in [0.25, 0.3) is 0 Å². The summed E-state index contributed by atoms with van der Waals surface area (Å²) in [5, 5.41) is 0. The number of anilines is 1. The zero-order valence-corrected chi connectivity index (χ0v) is 18.3. The Morgan fingerprint density at radius 3 is 2.47 bits per heavy atom. The number of nitrogen functional groups attached to an aromatic ring is 1. The van der Waals surface area contributed by atoms with Gasteiger partial charge < -0.3 is 29.4 Å². The van der Waals surface area contributed by atoms with Gasteiger partial charge in [-0.1, -0.05) is 6.92 Å². The normalized spacial score (nSPS) is 17.3. The number of hydrogen-bond acceptors (Lipinski definition) is 10. The largest absolute Gasteiger partial charge is 0.493 e.